The Morgan fingerprint density at radius 2 is 1.88 bits per heavy atom. The average molecular weight is 244 g/mol. The summed E-state index contributed by atoms with van der Waals surface area (Å²) >= 11 is 0. The lowest BCUT2D eigenvalue weighted by Gasteiger charge is -2.37. The third kappa shape index (κ3) is 3.19. The molecule has 4 heteroatoms. The molecule has 1 fully saturated rings. The van der Waals surface area contributed by atoms with Gasteiger partial charge in [-0.25, -0.2) is 0 Å². The number of unbranched alkanes of at least 4 members (excludes halogenated alkanes) is 1. The standard InChI is InChI=1S/C13H26NO3/c1-4-5-6-11(16)9-12(2)7-8-13(3,10-15)14(12)17/h11,15-16H,4-10H2,1-3H3/t11?,12-,13+/m1/s1. The van der Waals surface area contributed by atoms with Gasteiger partial charge in [-0.2, -0.15) is 0 Å². The van der Waals surface area contributed by atoms with Gasteiger partial charge in [-0.15, -0.1) is 10.3 Å². The van der Waals surface area contributed by atoms with Crippen molar-refractivity contribution in [3.8, 4) is 0 Å². The molecule has 1 saturated heterocycles. The van der Waals surface area contributed by atoms with E-state index < -0.39 is 17.2 Å². The SMILES string of the molecule is CCCCC(O)C[C@@]1(C)CC[C@@](C)(CO)N1[O]. The fraction of sp³-hybridized carbons (Fsp3) is 1.00. The Morgan fingerprint density at radius 1 is 1.29 bits per heavy atom. The number of hydrogen-bond acceptors (Lipinski definition) is 3. The topological polar surface area (TPSA) is 63.6 Å². The molecule has 0 aliphatic carbocycles. The van der Waals surface area contributed by atoms with Crippen LogP contribution in [0.25, 0.3) is 0 Å². The minimum atomic E-state index is -0.667. The van der Waals surface area contributed by atoms with Crippen molar-refractivity contribution in [2.75, 3.05) is 6.61 Å². The molecule has 101 valence electrons. The van der Waals surface area contributed by atoms with Crippen LogP contribution in [0.1, 0.15) is 59.3 Å². The zero-order valence-corrected chi connectivity index (χ0v) is 11.3. The first-order valence-electron chi connectivity index (χ1n) is 6.64. The van der Waals surface area contributed by atoms with Crippen LogP contribution in [-0.4, -0.2) is 39.1 Å². The van der Waals surface area contributed by atoms with Crippen molar-refractivity contribution in [2.24, 2.45) is 0 Å². The molecule has 1 radical (unpaired) electrons. The predicted molar refractivity (Wildman–Crippen MR) is 65.8 cm³/mol. The van der Waals surface area contributed by atoms with Gasteiger partial charge in [0.05, 0.1) is 18.2 Å². The molecule has 0 bridgehead atoms. The van der Waals surface area contributed by atoms with Gasteiger partial charge in [0.2, 0.25) is 0 Å². The minimum absolute atomic E-state index is 0.114. The van der Waals surface area contributed by atoms with Gasteiger partial charge in [0.25, 0.3) is 0 Å². The largest absolute Gasteiger partial charge is 0.394 e. The lowest BCUT2D eigenvalue weighted by Crippen LogP contribution is -2.51. The first-order chi connectivity index (χ1) is 7.88. The van der Waals surface area contributed by atoms with E-state index in [0.717, 1.165) is 30.7 Å². The summed E-state index contributed by atoms with van der Waals surface area (Å²) < 4.78 is 0. The molecule has 3 atom stereocenters. The Balaban J connectivity index is 2.58. The smallest absolute Gasteiger partial charge is 0.0702 e. The highest BCUT2D eigenvalue weighted by Crippen LogP contribution is 2.42. The van der Waals surface area contributed by atoms with Crippen LogP contribution in [0.2, 0.25) is 0 Å². The first kappa shape index (κ1) is 14.9. The lowest BCUT2D eigenvalue weighted by atomic mass is 9.90. The van der Waals surface area contributed by atoms with Gasteiger partial charge < -0.3 is 10.2 Å². The molecule has 0 aromatic heterocycles. The van der Waals surface area contributed by atoms with E-state index in [0.29, 0.717) is 12.8 Å². The highest BCUT2D eigenvalue weighted by molar-refractivity contribution is 5.01. The molecule has 1 heterocycles. The van der Waals surface area contributed by atoms with Gasteiger partial charge in [0.15, 0.2) is 0 Å². The third-order valence-electron chi connectivity index (χ3n) is 4.09. The van der Waals surface area contributed by atoms with Crippen LogP contribution < -0.4 is 0 Å². The molecule has 0 saturated carbocycles. The van der Waals surface area contributed by atoms with Crippen molar-refractivity contribution in [1.82, 2.24) is 5.06 Å². The summed E-state index contributed by atoms with van der Waals surface area (Å²) in [6.07, 6.45) is 4.36. The summed E-state index contributed by atoms with van der Waals surface area (Å²) in [5.41, 5.74) is -1.19. The number of rotatable bonds is 6. The monoisotopic (exact) mass is 244 g/mol. The van der Waals surface area contributed by atoms with Crippen molar-refractivity contribution in [3.63, 3.8) is 0 Å². The molecule has 0 spiro atoms. The highest BCUT2D eigenvalue weighted by Gasteiger charge is 2.51. The van der Waals surface area contributed by atoms with Crippen LogP contribution in [-0.2, 0) is 5.21 Å². The van der Waals surface area contributed by atoms with Crippen LogP contribution in [0, 0.1) is 0 Å². The van der Waals surface area contributed by atoms with Crippen LogP contribution in [0.5, 0.6) is 0 Å². The molecule has 17 heavy (non-hydrogen) atoms. The molecule has 0 aromatic rings. The lowest BCUT2D eigenvalue weighted by molar-refractivity contribution is -0.264. The quantitative estimate of drug-likeness (QED) is 0.750. The van der Waals surface area contributed by atoms with E-state index in [4.69, 9.17) is 0 Å². The van der Waals surface area contributed by atoms with E-state index in [1.165, 1.54) is 0 Å². The van der Waals surface area contributed by atoms with E-state index in [9.17, 15) is 15.4 Å². The molecule has 4 nitrogen and oxygen atoms in total. The van der Waals surface area contributed by atoms with Crippen LogP contribution in [0.3, 0.4) is 0 Å². The molecular formula is C13H26NO3. The molecule has 2 N–H and O–H groups in total. The Hall–Kier alpha value is -0.160. The van der Waals surface area contributed by atoms with Crippen molar-refractivity contribution < 1.29 is 15.4 Å². The first-order valence-corrected chi connectivity index (χ1v) is 6.64. The maximum Gasteiger partial charge on any atom is 0.0702 e. The van der Waals surface area contributed by atoms with E-state index in [1.807, 2.05) is 6.92 Å². The normalized spacial score (nSPS) is 36.4. The molecule has 0 aromatic carbocycles. The second-order valence-electron chi connectivity index (χ2n) is 5.95. The summed E-state index contributed by atoms with van der Waals surface area (Å²) in [6, 6.07) is 0. The Labute approximate surface area is 104 Å². The number of aliphatic hydroxyl groups is 2. The fourth-order valence-electron chi connectivity index (χ4n) is 2.77. The number of hydrogen-bond donors (Lipinski definition) is 2. The maximum absolute atomic E-state index is 12.2. The molecule has 1 unspecified atom stereocenters. The van der Waals surface area contributed by atoms with Crippen LogP contribution >= 0.6 is 0 Å². The Kier molecular flexibility index (Phi) is 4.95. The average Bonchev–Trinajstić information content (AvgIpc) is 2.52. The molecule has 0 amide bonds. The van der Waals surface area contributed by atoms with E-state index >= 15 is 0 Å². The summed E-state index contributed by atoms with van der Waals surface area (Å²) in [5, 5.41) is 32.5. The molecular weight excluding hydrogens is 218 g/mol. The van der Waals surface area contributed by atoms with Crippen molar-refractivity contribution in [1.29, 1.82) is 0 Å². The second-order valence-corrected chi connectivity index (χ2v) is 5.95. The number of nitrogens with zero attached hydrogens (tertiary/aromatic N) is 1. The maximum atomic E-state index is 12.2. The number of aliphatic hydroxyl groups excluding tert-OH is 2. The van der Waals surface area contributed by atoms with Crippen molar-refractivity contribution >= 4 is 0 Å². The third-order valence-corrected chi connectivity index (χ3v) is 4.09. The second kappa shape index (κ2) is 5.65. The van der Waals surface area contributed by atoms with Crippen LogP contribution in [0.4, 0.5) is 0 Å². The Bertz CT molecular complexity index is 249. The zero-order chi connectivity index (χ0) is 13.1. The van der Waals surface area contributed by atoms with Crippen molar-refractivity contribution in [2.45, 2.75) is 76.5 Å². The Morgan fingerprint density at radius 3 is 2.35 bits per heavy atom. The van der Waals surface area contributed by atoms with E-state index in [1.54, 1.807) is 6.92 Å². The minimum Gasteiger partial charge on any atom is -0.394 e. The summed E-state index contributed by atoms with van der Waals surface area (Å²) in [5.74, 6) is 0. The van der Waals surface area contributed by atoms with Gasteiger partial charge in [0, 0.05) is 5.54 Å². The fourth-order valence-corrected chi connectivity index (χ4v) is 2.77. The van der Waals surface area contributed by atoms with Gasteiger partial charge in [-0.05, 0) is 39.5 Å². The van der Waals surface area contributed by atoms with Gasteiger partial charge in [0.1, 0.15) is 0 Å². The highest BCUT2D eigenvalue weighted by atomic mass is 16.5. The van der Waals surface area contributed by atoms with Gasteiger partial charge >= 0.3 is 0 Å². The van der Waals surface area contributed by atoms with E-state index in [2.05, 4.69) is 6.92 Å². The molecule has 1 aliphatic rings. The summed E-state index contributed by atoms with van der Waals surface area (Å²) in [7, 11) is 0. The van der Waals surface area contributed by atoms with Gasteiger partial charge in [-0.1, -0.05) is 19.8 Å². The molecule has 1 rings (SSSR count). The summed E-state index contributed by atoms with van der Waals surface area (Å²) in [4.78, 5) is 0. The van der Waals surface area contributed by atoms with E-state index in [-0.39, 0.29) is 6.61 Å². The summed E-state index contributed by atoms with van der Waals surface area (Å²) in [6.45, 7) is 5.67. The zero-order valence-electron chi connectivity index (χ0n) is 11.3. The van der Waals surface area contributed by atoms with Crippen LogP contribution in [0.15, 0.2) is 0 Å². The molecule has 1 aliphatic heterocycles. The number of hydroxylamine groups is 2. The predicted octanol–water partition coefficient (Wildman–Crippen LogP) is 1.88. The van der Waals surface area contributed by atoms with Gasteiger partial charge in [-0.3, -0.25) is 0 Å². The van der Waals surface area contributed by atoms with Crippen molar-refractivity contribution in [3.05, 3.63) is 0 Å².